The number of hydrogen-bond donors (Lipinski definition) is 2. The Balaban J connectivity index is 1.74. The first kappa shape index (κ1) is 28.9. The number of nitrogens with zero attached hydrogens (tertiary/aromatic N) is 3. The van der Waals surface area contributed by atoms with Gasteiger partial charge in [-0.3, -0.25) is 4.21 Å². The monoisotopic (exact) mass is 595 g/mol. The maximum Gasteiger partial charge on any atom is 0.194 e. The quantitative estimate of drug-likeness (QED) is 0.286. The summed E-state index contributed by atoms with van der Waals surface area (Å²) in [7, 11) is -0.500. The highest BCUT2D eigenvalue weighted by Gasteiger charge is 2.50. The molecule has 38 heavy (non-hydrogen) atoms. The molecule has 1 fully saturated rings. The molecule has 1 aliphatic rings. The van der Waals surface area contributed by atoms with Crippen LogP contribution in [0.5, 0.6) is 0 Å². The third kappa shape index (κ3) is 5.89. The van der Waals surface area contributed by atoms with Crippen LogP contribution in [-0.2, 0) is 25.0 Å². The normalized spacial score (nSPS) is 24.5. The molecule has 0 spiro atoms. The molecule has 9 nitrogen and oxygen atoms in total. The molecule has 1 aromatic heterocycles. The molecule has 1 saturated heterocycles. The smallest absolute Gasteiger partial charge is 0.194 e. The number of aliphatic hydroxyl groups excluding tert-OH is 2. The van der Waals surface area contributed by atoms with Crippen molar-refractivity contribution >= 4 is 34.0 Å². The van der Waals surface area contributed by atoms with Crippen molar-refractivity contribution in [3.05, 3.63) is 64.0 Å². The lowest BCUT2D eigenvalue weighted by Gasteiger charge is -2.43. The molecular formula is C23H22Cl2F3N3O6S. The molecule has 15 heteroatoms. The summed E-state index contributed by atoms with van der Waals surface area (Å²) in [6.07, 6.45) is -2.54. The molecule has 2 heterocycles. The first-order valence-corrected chi connectivity index (χ1v) is 13.1. The van der Waals surface area contributed by atoms with Gasteiger partial charge in [0.15, 0.2) is 22.9 Å². The van der Waals surface area contributed by atoms with Crippen molar-refractivity contribution < 1.29 is 41.8 Å². The summed E-state index contributed by atoms with van der Waals surface area (Å²) in [5.41, 5.74) is -1.40. The van der Waals surface area contributed by atoms with Gasteiger partial charge in [-0.1, -0.05) is 28.4 Å². The number of aromatic nitrogens is 3. The molecule has 6 atom stereocenters. The first-order chi connectivity index (χ1) is 18.2. The topological polar surface area (TPSA) is 116 Å². The third-order valence-corrected chi connectivity index (χ3v) is 8.11. The number of ether oxygens (including phenoxy) is 3. The summed E-state index contributed by atoms with van der Waals surface area (Å²) < 4.78 is 72.6. The Morgan fingerprint density at radius 3 is 2.47 bits per heavy atom. The van der Waals surface area contributed by atoms with E-state index in [4.69, 9.17) is 37.4 Å². The predicted octanol–water partition coefficient (Wildman–Crippen LogP) is 3.13. The second-order valence-electron chi connectivity index (χ2n) is 8.25. The third-order valence-electron chi connectivity index (χ3n) is 5.85. The van der Waals surface area contributed by atoms with E-state index >= 15 is 0 Å². The number of halogens is 5. The van der Waals surface area contributed by atoms with Crippen LogP contribution in [0, 0.1) is 17.5 Å². The van der Waals surface area contributed by atoms with E-state index in [1.54, 1.807) is 0 Å². The number of rotatable bonds is 9. The highest BCUT2D eigenvalue weighted by molar-refractivity contribution is 7.85. The second kappa shape index (κ2) is 12.4. The Labute approximate surface area is 227 Å². The van der Waals surface area contributed by atoms with E-state index in [1.807, 2.05) is 0 Å². The van der Waals surface area contributed by atoms with E-state index in [-0.39, 0.29) is 39.4 Å². The van der Waals surface area contributed by atoms with Crippen molar-refractivity contribution in [1.82, 2.24) is 15.0 Å². The standard InChI is InChI=1S/C23H22Cl2F3N3O6S/c1-35-4-5-36-22-20(31-9-17(29-30-31)11-6-15(26)19(28)16(27)7-11)21(33)18(10-32)37-23(22)38(34)12-2-3-13(24)14(25)8-12/h2-3,6-9,18,20-23,32-33H,4-5,10H2,1H3/t18-,20+,21+,22-,23-,38?/m1/s1. The zero-order chi connectivity index (χ0) is 27.6. The van der Waals surface area contributed by atoms with Gasteiger partial charge in [0.2, 0.25) is 0 Å². The fourth-order valence-electron chi connectivity index (χ4n) is 3.97. The SMILES string of the molecule is COCCO[C@@H]1[C@@H](n2cc(-c3cc(F)c(F)c(F)c3)nn2)[C@@H](O)[C@@H](CO)O[C@@H]1S(=O)c1ccc(Cl)c(Cl)c1. The number of methoxy groups -OCH3 is 1. The largest absolute Gasteiger partial charge is 0.394 e. The van der Waals surface area contributed by atoms with Crippen LogP contribution in [0.15, 0.2) is 41.4 Å². The van der Waals surface area contributed by atoms with Gasteiger partial charge < -0.3 is 24.4 Å². The lowest BCUT2D eigenvalue weighted by Crippen LogP contribution is -2.58. The van der Waals surface area contributed by atoms with E-state index in [2.05, 4.69) is 10.3 Å². The highest BCUT2D eigenvalue weighted by Crippen LogP contribution is 2.36. The molecule has 1 aliphatic heterocycles. The van der Waals surface area contributed by atoms with Gasteiger partial charge in [-0.05, 0) is 30.3 Å². The van der Waals surface area contributed by atoms with Crippen LogP contribution in [0.3, 0.4) is 0 Å². The maximum atomic E-state index is 13.8. The van der Waals surface area contributed by atoms with E-state index in [0.29, 0.717) is 0 Å². The van der Waals surface area contributed by atoms with Crippen LogP contribution >= 0.6 is 23.2 Å². The molecule has 2 N–H and O–H groups in total. The van der Waals surface area contributed by atoms with E-state index in [9.17, 15) is 27.6 Å². The minimum Gasteiger partial charge on any atom is -0.394 e. The molecular weight excluding hydrogens is 574 g/mol. The van der Waals surface area contributed by atoms with Crippen LogP contribution in [0.25, 0.3) is 11.3 Å². The van der Waals surface area contributed by atoms with Crippen LogP contribution in [0.4, 0.5) is 13.2 Å². The molecule has 206 valence electrons. The van der Waals surface area contributed by atoms with Gasteiger partial charge in [0.25, 0.3) is 0 Å². The Bertz CT molecular complexity index is 1300. The van der Waals surface area contributed by atoms with Crippen molar-refractivity contribution in [3.63, 3.8) is 0 Å². The van der Waals surface area contributed by atoms with Crippen LogP contribution < -0.4 is 0 Å². The molecule has 3 aromatic rings. The minimum atomic E-state index is -1.95. The van der Waals surface area contributed by atoms with Gasteiger partial charge >= 0.3 is 0 Å². The molecule has 0 aliphatic carbocycles. The summed E-state index contributed by atoms with van der Waals surface area (Å²) in [5.74, 6) is -4.47. The van der Waals surface area contributed by atoms with Crippen LogP contribution in [-0.4, -0.2) is 80.1 Å². The van der Waals surface area contributed by atoms with Crippen molar-refractivity contribution in [1.29, 1.82) is 0 Å². The molecule has 0 radical (unpaired) electrons. The second-order valence-corrected chi connectivity index (χ2v) is 10.6. The number of hydrogen-bond acceptors (Lipinski definition) is 8. The summed E-state index contributed by atoms with van der Waals surface area (Å²) in [6.45, 7) is -0.498. The summed E-state index contributed by atoms with van der Waals surface area (Å²) in [4.78, 5) is 0.244. The van der Waals surface area contributed by atoms with Crippen molar-refractivity contribution in [2.45, 2.75) is 34.7 Å². The summed E-state index contributed by atoms with van der Waals surface area (Å²) in [5, 5.41) is 29.2. The Morgan fingerprint density at radius 2 is 1.84 bits per heavy atom. The van der Waals surface area contributed by atoms with Crippen molar-refractivity contribution in [3.8, 4) is 11.3 Å². The Kier molecular flexibility index (Phi) is 9.42. The van der Waals surface area contributed by atoms with E-state index in [1.165, 1.54) is 31.5 Å². The highest BCUT2D eigenvalue weighted by atomic mass is 35.5. The summed E-state index contributed by atoms with van der Waals surface area (Å²) >= 11 is 12.1. The van der Waals surface area contributed by atoms with Crippen LogP contribution in [0.2, 0.25) is 10.0 Å². The number of benzene rings is 2. The van der Waals surface area contributed by atoms with Gasteiger partial charge in [-0.15, -0.1) is 5.10 Å². The van der Waals surface area contributed by atoms with Gasteiger partial charge in [0, 0.05) is 17.6 Å². The van der Waals surface area contributed by atoms with Crippen molar-refractivity contribution in [2.24, 2.45) is 0 Å². The zero-order valence-corrected chi connectivity index (χ0v) is 22.0. The van der Waals surface area contributed by atoms with E-state index in [0.717, 1.165) is 16.8 Å². The van der Waals surface area contributed by atoms with Gasteiger partial charge in [0.1, 0.15) is 30.0 Å². The van der Waals surface area contributed by atoms with Crippen LogP contribution in [0.1, 0.15) is 6.04 Å². The number of aliphatic hydroxyl groups is 2. The first-order valence-electron chi connectivity index (χ1n) is 11.1. The Hall–Kier alpha value is -2.10. The fraction of sp³-hybridized carbons (Fsp3) is 0.391. The lowest BCUT2D eigenvalue weighted by atomic mass is 9.97. The molecule has 0 bridgehead atoms. The van der Waals surface area contributed by atoms with E-state index < -0.39 is 64.6 Å². The molecule has 4 rings (SSSR count). The van der Waals surface area contributed by atoms with Gasteiger partial charge in [-0.2, -0.15) is 0 Å². The fourth-order valence-corrected chi connectivity index (χ4v) is 5.77. The zero-order valence-electron chi connectivity index (χ0n) is 19.6. The minimum absolute atomic E-state index is 0.00253. The van der Waals surface area contributed by atoms with Gasteiger partial charge in [-0.25, -0.2) is 17.9 Å². The average molecular weight is 596 g/mol. The molecule has 1 unspecified atom stereocenters. The lowest BCUT2D eigenvalue weighted by molar-refractivity contribution is -0.196. The summed E-state index contributed by atoms with van der Waals surface area (Å²) in [6, 6.07) is 4.71. The molecule has 2 aromatic carbocycles. The average Bonchev–Trinajstić information content (AvgIpc) is 3.38. The predicted molar refractivity (Wildman–Crippen MR) is 131 cm³/mol. The molecule has 0 amide bonds. The molecule has 0 saturated carbocycles. The van der Waals surface area contributed by atoms with Gasteiger partial charge in [0.05, 0.1) is 46.9 Å². The Morgan fingerprint density at radius 1 is 1.13 bits per heavy atom. The maximum absolute atomic E-state index is 13.8. The van der Waals surface area contributed by atoms with Crippen molar-refractivity contribution in [2.75, 3.05) is 26.9 Å².